The molecule has 0 spiro atoms. The number of para-hydroxylation sites is 1. The summed E-state index contributed by atoms with van der Waals surface area (Å²) in [5.74, 6) is 0. The van der Waals surface area contributed by atoms with E-state index in [-0.39, 0.29) is 0 Å². The van der Waals surface area contributed by atoms with Crippen LogP contribution in [0.1, 0.15) is 18.4 Å². The molecule has 0 atom stereocenters. The number of nitrogens with zero attached hydrogens (tertiary/aromatic N) is 2. The van der Waals surface area contributed by atoms with E-state index < -0.39 is 0 Å². The van der Waals surface area contributed by atoms with Crippen LogP contribution in [0.5, 0.6) is 0 Å². The molecule has 1 aliphatic carbocycles. The number of aryl methyl sites for hydroxylation is 1. The molecule has 0 unspecified atom stereocenters. The molecule has 1 aromatic heterocycles. The van der Waals surface area contributed by atoms with Gasteiger partial charge in [-0.2, -0.15) is 0 Å². The van der Waals surface area contributed by atoms with E-state index in [9.17, 15) is 0 Å². The van der Waals surface area contributed by atoms with Crippen molar-refractivity contribution in [1.29, 1.82) is 0 Å². The van der Waals surface area contributed by atoms with Crippen molar-refractivity contribution in [1.82, 2.24) is 14.8 Å². The van der Waals surface area contributed by atoms with Gasteiger partial charge in [-0.1, -0.05) is 18.2 Å². The Morgan fingerprint density at radius 2 is 2.11 bits per heavy atom. The van der Waals surface area contributed by atoms with Crippen molar-refractivity contribution in [3.05, 3.63) is 36.0 Å². The van der Waals surface area contributed by atoms with Gasteiger partial charge in [-0.25, -0.2) is 0 Å². The quantitative estimate of drug-likeness (QED) is 0.802. The zero-order valence-corrected chi connectivity index (χ0v) is 11.9. The zero-order chi connectivity index (χ0) is 13.2. The van der Waals surface area contributed by atoms with Crippen molar-refractivity contribution in [2.24, 2.45) is 7.05 Å². The van der Waals surface area contributed by atoms with Crippen LogP contribution in [0.3, 0.4) is 0 Å². The Morgan fingerprint density at radius 1 is 1.32 bits per heavy atom. The molecule has 0 radical (unpaired) electrons. The van der Waals surface area contributed by atoms with Gasteiger partial charge >= 0.3 is 0 Å². The van der Waals surface area contributed by atoms with Gasteiger partial charge in [0.2, 0.25) is 0 Å². The molecule has 0 bridgehead atoms. The Balaban J connectivity index is 1.56. The van der Waals surface area contributed by atoms with Gasteiger partial charge in [0.15, 0.2) is 0 Å². The Morgan fingerprint density at radius 3 is 2.89 bits per heavy atom. The molecule has 3 heteroatoms. The summed E-state index contributed by atoms with van der Waals surface area (Å²) in [5, 5.41) is 4.93. The highest BCUT2D eigenvalue weighted by Gasteiger charge is 2.25. The van der Waals surface area contributed by atoms with E-state index in [1.807, 2.05) is 0 Å². The normalized spacial score (nSPS) is 15.5. The molecule has 1 aliphatic rings. The van der Waals surface area contributed by atoms with E-state index in [2.05, 4.69) is 59.3 Å². The lowest BCUT2D eigenvalue weighted by Crippen LogP contribution is -2.30. The molecule has 0 amide bonds. The van der Waals surface area contributed by atoms with Crippen LogP contribution in [0.4, 0.5) is 0 Å². The average Bonchev–Trinajstić information content (AvgIpc) is 3.22. The van der Waals surface area contributed by atoms with E-state index in [1.54, 1.807) is 0 Å². The number of hydrogen-bond acceptors (Lipinski definition) is 2. The van der Waals surface area contributed by atoms with E-state index in [0.29, 0.717) is 0 Å². The Kier molecular flexibility index (Phi) is 3.58. The van der Waals surface area contributed by atoms with Crippen LogP contribution in [0.2, 0.25) is 0 Å². The van der Waals surface area contributed by atoms with Gasteiger partial charge in [-0.05, 0) is 31.5 Å². The second-order valence-electron chi connectivity index (χ2n) is 5.67. The lowest BCUT2D eigenvalue weighted by Gasteiger charge is -2.15. The van der Waals surface area contributed by atoms with E-state index in [1.165, 1.54) is 29.3 Å². The van der Waals surface area contributed by atoms with Gasteiger partial charge < -0.3 is 14.8 Å². The zero-order valence-electron chi connectivity index (χ0n) is 11.9. The van der Waals surface area contributed by atoms with Gasteiger partial charge in [-0.15, -0.1) is 0 Å². The summed E-state index contributed by atoms with van der Waals surface area (Å²) < 4.78 is 2.21. The lowest BCUT2D eigenvalue weighted by atomic mass is 10.2. The van der Waals surface area contributed by atoms with Gasteiger partial charge in [0, 0.05) is 49.8 Å². The summed E-state index contributed by atoms with van der Waals surface area (Å²) in [6, 6.07) is 9.47. The predicted molar refractivity (Wildman–Crippen MR) is 80.3 cm³/mol. The number of aromatic nitrogens is 1. The summed E-state index contributed by atoms with van der Waals surface area (Å²) in [6.45, 7) is 3.17. The summed E-state index contributed by atoms with van der Waals surface area (Å²) in [6.07, 6.45) is 5.02. The maximum Gasteiger partial charge on any atom is 0.0481 e. The van der Waals surface area contributed by atoms with Crippen molar-refractivity contribution in [3.63, 3.8) is 0 Å². The first kappa shape index (κ1) is 12.7. The second kappa shape index (κ2) is 5.35. The van der Waals surface area contributed by atoms with Crippen molar-refractivity contribution in [2.75, 3.05) is 20.1 Å². The smallest absolute Gasteiger partial charge is 0.0481 e. The summed E-state index contributed by atoms with van der Waals surface area (Å²) in [4.78, 5) is 2.47. The Hall–Kier alpha value is -1.32. The number of benzene rings is 1. The molecule has 1 heterocycles. The van der Waals surface area contributed by atoms with Crippen LogP contribution in [-0.2, 0) is 13.6 Å². The fourth-order valence-corrected chi connectivity index (χ4v) is 2.74. The summed E-state index contributed by atoms with van der Waals surface area (Å²) >= 11 is 0. The van der Waals surface area contributed by atoms with Gasteiger partial charge in [0.1, 0.15) is 0 Å². The van der Waals surface area contributed by atoms with Crippen LogP contribution in [-0.4, -0.2) is 35.6 Å². The molecule has 0 saturated heterocycles. The number of likely N-dealkylation sites (N-methyl/N-ethyl adjacent to an activating group) is 1. The largest absolute Gasteiger partial charge is 0.350 e. The SMILES string of the molecule is CN(CCNCc1cn(C)c2ccccc12)C1CC1. The van der Waals surface area contributed by atoms with Crippen molar-refractivity contribution in [3.8, 4) is 0 Å². The first-order valence-electron chi connectivity index (χ1n) is 7.19. The molecule has 3 rings (SSSR count). The van der Waals surface area contributed by atoms with Gasteiger partial charge in [0.05, 0.1) is 0 Å². The van der Waals surface area contributed by atoms with Crippen molar-refractivity contribution in [2.45, 2.75) is 25.4 Å². The molecule has 102 valence electrons. The van der Waals surface area contributed by atoms with Gasteiger partial charge in [0.25, 0.3) is 0 Å². The Labute approximate surface area is 115 Å². The first-order chi connectivity index (χ1) is 9.25. The molecular weight excluding hydrogens is 234 g/mol. The van der Waals surface area contributed by atoms with Crippen LogP contribution < -0.4 is 5.32 Å². The first-order valence-corrected chi connectivity index (χ1v) is 7.19. The fraction of sp³-hybridized carbons (Fsp3) is 0.500. The van der Waals surface area contributed by atoms with Crippen LogP contribution in [0.25, 0.3) is 10.9 Å². The average molecular weight is 257 g/mol. The molecule has 0 aliphatic heterocycles. The third-order valence-corrected chi connectivity index (χ3v) is 4.11. The van der Waals surface area contributed by atoms with E-state index in [4.69, 9.17) is 0 Å². The van der Waals surface area contributed by atoms with E-state index >= 15 is 0 Å². The molecule has 1 aromatic carbocycles. The number of fused-ring (bicyclic) bond motifs is 1. The monoisotopic (exact) mass is 257 g/mol. The third kappa shape index (κ3) is 2.82. The maximum atomic E-state index is 3.57. The highest BCUT2D eigenvalue weighted by atomic mass is 15.2. The topological polar surface area (TPSA) is 20.2 Å². The molecule has 1 fully saturated rings. The molecule has 2 aromatic rings. The molecule has 19 heavy (non-hydrogen) atoms. The van der Waals surface area contributed by atoms with Crippen LogP contribution >= 0.6 is 0 Å². The number of rotatable bonds is 6. The molecular formula is C16H23N3. The minimum Gasteiger partial charge on any atom is -0.350 e. The third-order valence-electron chi connectivity index (χ3n) is 4.11. The van der Waals surface area contributed by atoms with Gasteiger partial charge in [-0.3, -0.25) is 0 Å². The fourth-order valence-electron chi connectivity index (χ4n) is 2.74. The highest BCUT2D eigenvalue weighted by molar-refractivity contribution is 5.83. The van der Waals surface area contributed by atoms with Crippen LogP contribution in [0, 0.1) is 0 Å². The van der Waals surface area contributed by atoms with Crippen molar-refractivity contribution < 1.29 is 0 Å². The number of nitrogens with one attached hydrogen (secondary N) is 1. The van der Waals surface area contributed by atoms with Crippen molar-refractivity contribution >= 4 is 10.9 Å². The minimum absolute atomic E-state index is 0.861. The maximum absolute atomic E-state index is 3.57. The minimum atomic E-state index is 0.861. The summed E-state index contributed by atoms with van der Waals surface area (Å²) in [7, 11) is 4.35. The van der Waals surface area contributed by atoms with E-state index in [0.717, 1.165) is 25.7 Å². The highest BCUT2D eigenvalue weighted by Crippen LogP contribution is 2.24. The standard InChI is InChI=1S/C16H23N3/c1-18(14-7-8-14)10-9-17-11-13-12-19(2)16-6-4-3-5-15(13)16/h3-6,12,14,17H,7-11H2,1-2H3. The number of hydrogen-bond donors (Lipinski definition) is 1. The molecule has 1 saturated carbocycles. The predicted octanol–water partition coefficient (Wildman–Crippen LogP) is 2.36. The Bertz CT molecular complexity index is 554. The van der Waals surface area contributed by atoms with Crippen LogP contribution in [0.15, 0.2) is 30.5 Å². The second-order valence-corrected chi connectivity index (χ2v) is 5.67. The lowest BCUT2D eigenvalue weighted by molar-refractivity contribution is 0.321. The molecule has 3 nitrogen and oxygen atoms in total. The summed E-state index contributed by atoms with van der Waals surface area (Å²) in [5.41, 5.74) is 2.71. The molecule has 1 N–H and O–H groups in total.